The van der Waals surface area contributed by atoms with Crippen LogP contribution in [-0.2, 0) is 25.5 Å². The first-order valence-electron chi connectivity index (χ1n) is 12.8. The minimum atomic E-state index is -2.17. The van der Waals surface area contributed by atoms with Crippen molar-refractivity contribution in [3.63, 3.8) is 0 Å². The summed E-state index contributed by atoms with van der Waals surface area (Å²) in [5.74, 6) is -0.00594. The molecule has 4 aromatic rings. The van der Waals surface area contributed by atoms with Gasteiger partial charge in [-0.2, -0.15) is 0 Å². The molecule has 0 bridgehead atoms. The standard InChI is InChI=1S/C29H36N4O4Si/c1-29(2,22-12-7-6-8-13-22)23-18-21(20-27(34)30-16-11-17-38(5,36-3)37-4)19-26(28(23)35)33-31-24-14-9-10-15-25(24)32-33/h6-10,12-15,18-19,35H,11,16-17,20H2,1-5H3,(H,30,34). The van der Waals surface area contributed by atoms with Crippen molar-refractivity contribution in [2.45, 2.75) is 44.7 Å². The van der Waals surface area contributed by atoms with E-state index in [1.807, 2.05) is 67.2 Å². The lowest BCUT2D eigenvalue weighted by Gasteiger charge is -2.28. The predicted molar refractivity (Wildman–Crippen MR) is 151 cm³/mol. The fourth-order valence-corrected chi connectivity index (χ4v) is 5.95. The number of fused-ring (bicyclic) bond motifs is 1. The molecule has 0 unspecified atom stereocenters. The van der Waals surface area contributed by atoms with Crippen molar-refractivity contribution >= 4 is 25.5 Å². The highest BCUT2D eigenvalue weighted by atomic mass is 28.4. The van der Waals surface area contributed by atoms with E-state index in [0.29, 0.717) is 17.8 Å². The van der Waals surface area contributed by atoms with Crippen molar-refractivity contribution < 1.29 is 18.8 Å². The molecule has 0 aliphatic heterocycles. The van der Waals surface area contributed by atoms with Crippen LogP contribution in [0.3, 0.4) is 0 Å². The van der Waals surface area contributed by atoms with Crippen LogP contribution in [0, 0.1) is 0 Å². The van der Waals surface area contributed by atoms with Crippen LogP contribution in [0.2, 0.25) is 12.6 Å². The second kappa shape index (κ2) is 11.5. The van der Waals surface area contributed by atoms with Crippen molar-refractivity contribution in [2.75, 3.05) is 20.8 Å². The molecule has 1 aromatic heterocycles. The van der Waals surface area contributed by atoms with Gasteiger partial charge in [0.2, 0.25) is 5.91 Å². The third-order valence-corrected chi connectivity index (χ3v) is 10.2. The van der Waals surface area contributed by atoms with E-state index in [0.717, 1.165) is 34.6 Å². The molecule has 0 saturated heterocycles. The Kier molecular flexibility index (Phi) is 8.30. The van der Waals surface area contributed by atoms with Crippen LogP contribution in [0.15, 0.2) is 66.7 Å². The second-order valence-electron chi connectivity index (χ2n) is 10.2. The molecule has 0 aliphatic carbocycles. The van der Waals surface area contributed by atoms with Gasteiger partial charge in [-0.05, 0) is 48.3 Å². The number of nitrogens with one attached hydrogen (secondary N) is 1. The highest BCUT2D eigenvalue weighted by molar-refractivity contribution is 6.65. The van der Waals surface area contributed by atoms with Crippen LogP contribution < -0.4 is 5.32 Å². The van der Waals surface area contributed by atoms with Crippen LogP contribution in [0.25, 0.3) is 16.7 Å². The summed E-state index contributed by atoms with van der Waals surface area (Å²) < 4.78 is 11.1. The van der Waals surface area contributed by atoms with E-state index in [1.165, 1.54) is 4.80 Å². The number of aromatic hydroxyl groups is 1. The first-order valence-corrected chi connectivity index (χ1v) is 15.3. The van der Waals surface area contributed by atoms with Crippen LogP contribution in [-0.4, -0.2) is 55.3 Å². The minimum Gasteiger partial charge on any atom is -0.505 e. The average molecular weight is 533 g/mol. The number of aromatic nitrogens is 3. The van der Waals surface area contributed by atoms with E-state index < -0.39 is 14.0 Å². The van der Waals surface area contributed by atoms with Crippen molar-refractivity contribution in [2.24, 2.45) is 0 Å². The normalized spacial score (nSPS) is 12.1. The van der Waals surface area contributed by atoms with E-state index in [-0.39, 0.29) is 18.1 Å². The van der Waals surface area contributed by atoms with Crippen LogP contribution in [0.4, 0.5) is 0 Å². The van der Waals surface area contributed by atoms with Crippen LogP contribution >= 0.6 is 0 Å². The molecule has 2 N–H and O–H groups in total. The molecular weight excluding hydrogens is 496 g/mol. The summed E-state index contributed by atoms with van der Waals surface area (Å²) in [5, 5.41) is 23.7. The molecule has 0 atom stereocenters. The average Bonchev–Trinajstić information content (AvgIpc) is 3.36. The first kappa shape index (κ1) is 27.5. The Hall–Kier alpha value is -3.53. The summed E-state index contributed by atoms with van der Waals surface area (Å²) in [6, 6.07) is 22.0. The second-order valence-corrected chi connectivity index (χ2v) is 13.7. The summed E-state index contributed by atoms with van der Waals surface area (Å²) >= 11 is 0. The zero-order chi connectivity index (χ0) is 27.3. The number of amides is 1. The number of hydrogen-bond donors (Lipinski definition) is 2. The summed E-state index contributed by atoms with van der Waals surface area (Å²) in [6.45, 7) is 6.66. The maximum atomic E-state index is 12.9. The SMILES string of the molecule is CO[Si](C)(CCCNC(=O)Cc1cc(-n2nc3ccccc3n2)c(O)c(C(C)(C)c2ccccc2)c1)OC. The highest BCUT2D eigenvalue weighted by Crippen LogP contribution is 2.40. The van der Waals surface area contributed by atoms with E-state index in [1.54, 1.807) is 20.3 Å². The number of nitrogens with zero attached hydrogens (tertiary/aromatic N) is 3. The molecule has 9 heteroatoms. The number of benzene rings is 3. The number of phenols is 1. The quantitative estimate of drug-likeness (QED) is 0.211. The lowest BCUT2D eigenvalue weighted by Crippen LogP contribution is -2.37. The number of hydrogen-bond acceptors (Lipinski definition) is 6. The predicted octanol–water partition coefficient (Wildman–Crippen LogP) is 4.87. The van der Waals surface area contributed by atoms with Crippen molar-refractivity contribution in [1.82, 2.24) is 20.3 Å². The third kappa shape index (κ3) is 5.96. The van der Waals surface area contributed by atoms with Crippen molar-refractivity contribution in [3.05, 3.63) is 83.4 Å². The van der Waals surface area contributed by atoms with Gasteiger partial charge in [-0.25, -0.2) is 0 Å². The zero-order valence-electron chi connectivity index (χ0n) is 22.7. The Bertz CT molecular complexity index is 1370. The monoisotopic (exact) mass is 532 g/mol. The van der Waals surface area contributed by atoms with Gasteiger partial charge in [0.1, 0.15) is 22.5 Å². The molecule has 0 fully saturated rings. The number of carbonyl (C=O) groups excluding carboxylic acids is 1. The largest absolute Gasteiger partial charge is 0.505 e. The molecular formula is C29H36N4O4Si. The molecule has 200 valence electrons. The van der Waals surface area contributed by atoms with Gasteiger partial charge in [0.05, 0.1) is 6.42 Å². The molecule has 0 saturated carbocycles. The lowest BCUT2D eigenvalue weighted by molar-refractivity contribution is -0.120. The van der Waals surface area contributed by atoms with Gasteiger partial charge < -0.3 is 19.3 Å². The van der Waals surface area contributed by atoms with Gasteiger partial charge in [-0.3, -0.25) is 4.79 Å². The molecule has 0 aliphatic rings. The molecule has 1 heterocycles. The summed E-state index contributed by atoms with van der Waals surface area (Å²) in [5.41, 5.74) is 3.87. The number of rotatable bonds is 11. The molecule has 1 amide bonds. The maximum absolute atomic E-state index is 12.9. The smallest absolute Gasteiger partial charge is 0.334 e. The Morgan fingerprint density at radius 3 is 2.21 bits per heavy atom. The van der Waals surface area contributed by atoms with Crippen LogP contribution in [0.5, 0.6) is 5.75 Å². The lowest BCUT2D eigenvalue weighted by atomic mass is 9.76. The molecule has 8 nitrogen and oxygen atoms in total. The summed E-state index contributed by atoms with van der Waals surface area (Å²) in [7, 11) is 1.17. The molecule has 0 spiro atoms. The Balaban J connectivity index is 1.64. The molecule has 3 aromatic carbocycles. The topological polar surface area (TPSA) is 98.5 Å². The summed E-state index contributed by atoms with van der Waals surface area (Å²) in [6.07, 6.45) is 0.933. The zero-order valence-corrected chi connectivity index (χ0v) is 23.7. The van der Waals surface area contributed by atoms with Crippen molar-refractivity contribution in [1.29, 1.82) is 0 Å². The fraction of sp³-hybridized carbons (Fsp3) is 0.345. The Labute approximate surface area is 224 Å². The minimum absolute atomic E-state index is 0.0895. The Morgan fingerprint density at radius 1 is 1.00 bits per heavy atom. The number of carbonyl (C=O) groups is 1. The van der Waals surface area contributed by atoms with E-state index in [4.69, 9.17) is 8.85 Å². The Morgan fingerprint density at radius 2 is 1.61 bits per heavy atom. The van der Waals surface area contributed by atoms with Crippen LogP contribution in [0.1, 0.15) is 37.0 Å². The third-order valence-electron chi connectivity index (χ3n) is 7.18. The number of phenolic OH excluding ortho intramolecular Hbond substituents is 1. The fourth-order valence-electron chi connectivity index (χ4n) is 4.56. The molecule has 4 rings (SSSR count). The maximum Gasteiger partial charge on any atom is 0.334 e. The highest BCUT2D eigenvalue weighted by Gasteiger charge is 2.30. The molecule has 0 radical (unpaired) electrons. The van der Waals surface area contributed by atoms with E-state index in [9.17, 15) is 9.90 Å². The summed E-state index contributed by atoms with van der Waals surface area (Å²) in [4.78, 5) is 14.4. The van der Waals surface area contributed by atoms with Gasteiger partial charge in [-0.1, -0.05) is 62.4 Å². The van der Waals surface area contributed by atoms with Crippen molar-refractivity contribution in [3.8, 4) is 11.4 Å². The van der Waals surface area contributed by atoms with Gasteiger partial charge in [0, 0.05) is 31.7 Å². The van der Waals surface area contributed by atoms with Gasteiger partial charge in [0.25, 0.3) is 0 Å². The molecule has 38 heavy (non-hydrogen) atoms. The van der Waals surface area contributed by atoms with E-state index >= 15 is 0 Å². The van der Waals surface area contributed by atoms with Gasteiger partial charge in [-0.15, -0.1) is 15.0 Å². The first-order chi connectivity index (χ1) is 18.2. The van der Waals surface area contributed by atoms with Gasteiger partial charge in [0.15, 0.2) is 0 Å². The van der Waals surface area contributed by atoms with Gasteiger partial charge >= 0.3 is 8.56 Å². The van der Waals surface area contributed by atoms with E-state index in [2.05, 4.69) is 29.4 Å².